The number of carbonyl (C=O) groups excluding carboxylic acids is 3. The van der Waals surface area contributed by atoms with E-state index in [1.807, 2.05) is 45.2 Å². The van der Waals surface area contributed by atoms with Crippen molar-refractivity contribution in [2.45, 2.75) is 6.92 Å². The van der Waals surface area contributed by atoms with Crippen molar-refractivity contribution >= 4 is 108 Å². The predicted molar refractivity (Wildman–Crippen MR) is 129 cm³/mol. The van der Waals surface area contributed by atoms with Crippen molar-refractivity contribution in [3.63, 3.8) is 0 Å². The molecule has 0 radical (unpaired) electrons. The van der Waals surface area contributed by atoms with Crippen molar-refractivity contribution in [2.75, 3.05) is 6.61 Å². The normalized spacial score (nSPS) is 10.7. The quantitative estimate of drug-likeness (QED) is 0.110. The lowest BCUT2D eigenvalue weighted by Crippen LogP contribution is -2.27. The molecule has 14 heteroatoms. The lowest BCUT2D eigenvalue weighted by Gasteiger charge is -2.17. The summed E-state index contributed by atoms with van der Waals surface area (Å²) in [6, 6.07) is 0. The Morgan fingerprint density at radius 3 is 1.55 bits per heavy atom. The van der Waals surface area contributed by atoms with Crippen molar-refractivity contribution in [1.29, 1.82) is 0 Å². The first-order valence-electron chi connectivity index (χ1n) is 7.69. The number of ether oxygens (including phenoxy) is 2. The summed E-state index contributed by atoms with van der Waals surface area (Å²) >= 11 is 7.23. The summed E-state index contributed by atoms with van der Waals surface area (Å²) in [7, 11) is 0. The van der Waals surface area contributed by atoms with E-state index in [0.717, 1.165) is 0 Å². The van der Waals surface area contributed by atoms with Crippen molar-refractivity contribution in [3.8, 4) is 5.75 Å². The average Bonchev–Trinajstić information content (AvgIpc) is 2.70. The summed E-state index contributed by atoms with van der Waals surface area (Å²) < 4.78 is 67.2. The summed E-state index contributed by atoms with van der Waals surface area (Å²) in [6.45, 7) is 1.47. The molecule has 0 bridgehead atoms. The van der Waals surface area contributed by atoms with Crippen LogP contribution in [0.5, 0.6) is 5.75 Å². The Balaban J connectivity index is 2.73. The molecule has 2 aromatic rings. The maximum absolute atomic E-state index is 14.2. The highest BCUT2D eigenvalue weighted by atomic mass is 127. The number of hydrogen-bond acceptors (Lipinski definition) is 6. The Labute approximate surface area is 226 Å². The molecular formula is C17H5F4I4O6-. The van der Waals surface area contributed by atoms with Gasteiger partial charge in [0.2, 0.25) is 17.4 Å². The van der Waals surface area contributed by atoms with Gasteiger partial charge in [0.15, 0.2) is 11.6 Å². The first kappa shape index (κ1) is 26.7. The SMILES string of the molecule is CCOC(=O)c1c(I)c(I)c(I)c(I)c1C(=O)Oc1c(F)c(F)c(C(=O)[O-])c(F)c1F. The van der Waals surface area contributed by atoms with Gasteiger partial charge < -0.3 is 19.4 Å². The molecule has 0 saturated carbocycles. The molecule has 0 atom stereocenters. The fraction of sp³-hybridized carbons (Fsp3) is 0.118. The van der Waals surface area contributed by atoms with E-state index in [1.165, 1.54) is 6.92 Å². The monoisotopic (exact) mass is 889 g/mol. The van der Waals surface area contributed by atoms with Crippen LogP contribution in [0.3, 0.4) is 0 Å². The van der Waals surface area contributed by atoms with Gasteiger partial charge in [0.1, 0.15) is 0 Å². The standard InChI is InChI=1S/C17H6F4I4O6/c1-2-30-16(28)3-4(11(23)13(25)12(24)10(3)22)17(29)31-14-8(20)6(18)5(15(26)27)7(19)9(14)21/h2H2,1H3,(H,26,27)/p-1. The molecule has 0 heterocycles. The number of carboxylic acids is 1. The number of benzene rings is 2. The van der Waals surface area contributed by atoms with Crippen LogP contribution in [0.4, 0.5) is 17.6 Å². The first-order valence-corrected chi connectivity index (χ1v) is 12.0. The van der Waals surface area contributed by atoms with E-state index in [4.69, 9.17) is 4.74 Å². The maximum Gasteiger partial charge on any atom is 0.345 e. The third-order valence-electron chi connectivity index (χ3n) is 3.57. The minimum Gasteiger partial charge on any atom is -0.545 e. The molecule has 0 aliphatic carbocycles. The van der Waals surface area contributed by atoms with Gasteiger partial charge in [-0.15, -0.1) is 0 Å². The van der Waals surface area contributed by atoms with Crippen LogP contribution in [0, 0.1) is 37.5 Å². The maximum atomic E-state index is 14.2. The first-order chi connectivity index (χ1) is 14.4. The third-order valence-corrected chi connectivity index (χ3v) is 11.0. The Kier molecular flexibility index (Phi) is 9.15. The average molecular weight is 889 g/mol. The van der Waals surface area contributed by atoms with E-state index in [1.54, 1.807) is 45.2 Å². The molecule has 31 heavy (non-hydrogen) atoms. The minimum absolute atomic E-state index is 0.0487. The van der Waals surface area contributed by atoms with Gasteiger partial charge in [-0.1, -0.05) is 0 Å². The van der Waals surface area contributed by atoms with Crippen LogP contribution in [0.2, 0.25) is 0 Å². The van der Waals surface area contributed by atoms with Crippen molar-refractivity contribution in [1.82, 2.24) is 0 Å². The highest BCUT2D eigenvalue weighted by Gasteiger charge is 2.33. The van der Waals surface area contributed by atoms with Crippen molar-refractivity contribution in [2.24, 2.45) is 0 Å². The summed E-state index contributed by atoms with van der Waals surface area (Å²) in [5.41, 5.74) is -2.71. The highest BCUT2D eigenvalue weighted by molar-refractivity contribution is 14.1. The topological polar surface area (TPSA) is 92.7 Å². The van der Waals surface area contributed by atoms with Gasteiger partial charge in [-0.25, -0.2) is 18.4 Å². The number of carboxylic acid groups (broad SMARTS) is 1. The smallest absolute Gasteiger partial charge is 0.345 e. The molecule has 166 valence electrons. The molecule has 2 rings (SSSR count). The Bertz CT molecular complexity index is 1110. The number of rotatable bonds is 5. The zero-order chi connectivity index (χ0) is 23.8. The number of esters is 2. The number of halogens is 8. The van der Waals surface area contributed by atoms with Crippen molar-refractivity contribution < 1.29 is 46.5 Å². The van der Waals surface area contributed by atoms with Crippen LogP contribution in [0.15, 0.2) is 0 Å². The number of aromatic carboxylic acids is 1. The van der Waals surface area contributed by atoms with E-state index in [2.05, 4.69) is 4.74 Å². The molecule has 2 aromatic carbocycles. The molecule has 0 unspecified atom stereocenters. The Morgan fingerprint density at radius 1 is 0.742 bits per heavy atom. The minimum atomic E-state index is -2.51. The summed E-state index contributed by atoms with van der Waals surface area (Å²) in [4.78, 5) is 36.0. The van der Waals surface area contributed by atoms with E-state index in [-0.39, 0.29) is 19.3 Å². The number of hydrogen-bond donors (Lipinski definition) is 0. The zero-order valence-corrected chi connectivity index (χ0v) is 23.3. The molecular weight excluding hydrogens is 884 g/mol. The lowest BCUT2D eigenvalue weighted by molar-refractivity contribution is -0.255. The van der Waals surface area contributed by atoms with E-state index in [9.17, 15) is 37.1 Å². The van der Waals surface area contributed by atoms with Crippen LogP contribution in [-0.4, -0.2) is 24.5 Å². The highest BCUT2D eigenvalue weighted by Crippen LogP contribution is 2.35. The van der Waals surface area contributed by atoms with E-state index >= 15 is 0 Å². The van der Waals surface area contributed by atoms with Gasteiger partial charge in [0, 0.05) is 14.3 Å². The second-order valence-electron chi connectivity index (χ2n) is 5.36. The van der Waals surface area contributed by atoms with Crippen molar-refractivity contribution in [3.05, 3.63) is 54.2 Å². The van der Waals surface area contributed by atoms with Crippen LogP contribution in [-0.2, 0) is 4.74 Å². The van der Waals surface area contributed by atoms with Gasteiger partial charge in [0.25, 0.3) is 0 Å². The molecule has 0 aliphatic rings. The fourth-order valence-corrected chi connectivity index (χ4v) is 5.87. The predicted octanol–water partition coefficient (Wildman–Crippen LogP) is 4.42. The summed E-state index contributed by atoms with van der Waals surface area (Å²) in [5.74, 6) is -15.9. The van der Waals surface area contributed by atoms with Crippen LogP contribution >= 0.6 is 90.4 Å². The van der Waals surface area contributed by atoms with Crippen LogP contribution in [0.1, 0.15) is 38.0 Å². The Morgan fingerprint density at radius 2 is 1.16 bits per heavy atom. The van der Waals surface area contributed by atoms with E-state index in [0.29, 0.717) is 7.14 Å². The van der Waals surface area contributed by atoms with Gasteiger partial charge in [-0.3, -0.25) is 0 Å². The third kappa shape index (κ3) is 5.04. The second-order valence-corrected chi connectivity index (χ2v) is 9.68. The van der Waals surface area contributed by atoms with Gasteiger partial charge >= 0.3 is 11.9 Å². The molecule has 0 spiro atoms. The summed E-state index contributed by atoms with van der Waals surface area (Å²) in [5, 5.41) is 10.7. The molecule has 0 saturated heterocycles. The van der Waals surface area contributed by atoms with Crippen LogP contribution in [0.25, 0.3) is 0 Å². The molecule has 0 N–H and O–H groups in total. The van der Waals surface area contributed by atoms with Gasteiger partial charge in [0.05, 0.1) is 29.3 Å². The number of carbonyl (C=O) groups is 3. The zero-order valence-electron chi connectivity index (χ0n) is 14.7. The molecule has 0 amide bonds. The largest absolute Gasteiger partial charge is 0.545 e. The van der Waals surface area contributed by atoms with E-state index < -0.39 is 58.1 Å². The lowest BCUT2D eigenvalue weighted by atomic mass is 10.1. The summed E-state index contributed by atoms with van der Waals surface area (Å²) in [6.07, 6.45) is 0. The Hall–Kier alpha value is -0.510. The molecule has 0 aliphatic heterocycles. The van der Waals surface area contributed by atoms with Crippen LogP contribution < -0.4 is 9.84 Å². The van der Waals surface area contributed by atoms with Gasteiger partial charge in [-0.05, 0) is 97.3 Å². The van der Waals surface area contributed by atoms with Gasteiger partial charge in [-0.2, -0.15) is 8.78 Å². The molecule has 0 aromatic heterocycles. The molecule has 0 fully saturated rings. The molecule has 6 nitrogen and oxygen atoms in total. The second kappa shape index (κ2) is 10.6. The fourth-order valence-electron chi connectivity index (χ4n) is 2.24.